The van der Waals surface area contributed by atoms with Crippen LogP contribution < -0.4 is 0 Å². The minimum Gasteiger partial charge on any atom is -0.376 e. The molecule has 0 radical (unpaired) electrons. The zero-order chi connectivity index (χ0) is 22.9. The van der Waals surface area contributed by atoms with E-state index in [-0.39, 0.29) is 19.3 Å². The third kappa shape index (κ3) is 6.05. The second-order valence-corrected chi connectivity index (χ2v) is 8.24. The molecule has 3 aromatic carbocycles. The summed E-state index contributed by atoms with van der Waals surface area (Å²) in [4.78, 5) is 0. The molecule has 0 aromatic heterocycles. The van der Waals surface area contributed by atoms with E-state index in [1.165, 1.54) is 0 Å². The number of hydrogen-bond acceptors (Lipinski definition) is 4. The van der Waals surface area contributed by atoms with Crippen molar-refractivity contribution in [3.63, 3.8) is 0 Å². The number of rotatable bonds is 12. The predicted molar refractivity (Wildman–Crippen MR) is 127 cm³/mol. The maximum atomic E-state index is 11.0. The van der Waals surface area contributed by atoms with Gasteiger partial charge in [-0.3, -0.25) is 0 Å². The van der Waals surface area contributed by atoms with E-state index in [0.717, 1.165) is 23.1 Å². The zero-order valence-corrected chi connectivity index (χ0v) is 19.2. The quantitative estimate of drug-likeness (QED) is 0.301. The maximum absolute atomic E-state index is 11.0. The van der Waals surface area contributed by atoms with Gasteiger partial charge in [0.25, 0.3) is 0 Å². The maximum Gasteiger partial charge on any atom is 0.186 e. The highest BCUT2D eigenvalue weighted by atomic mass is 16.7. The van der Waals surface area contributed by atoms with Gasteiger partial charge in [-0.1, -0.05) is 97.9 Å². The number of ether oxygens (including phenoxy) is 3. The molecule has 0 saturated carbocycles. The Balaban J connectivity index is 1.93. The van der Waals surface area contributed by atoms with Crippen molar-refractivity contribution < 1.29 is 19.3 Å². The summed E-state index contributed by atoms with van der Waals surface area (Å²) in [6, 6.07) is 30.3. The van der Waals surface area contributed by atoms with E-state index < -0.39 is 11.4 Å². The molecule has 4 heteroatoms. The van der Waals surface area contributed by atoms with Crippen LogP contribution >= 0.6 is 0 Å². The Morgan fingerprint density at radius 2 is 1.19 bits per heavy atom. The van der Waals surface area contributed by atoms with Crippen LogP contribution in [-0.4, -0.2) is 36.8 Å². The Kier molecular flexibility index (Phi) is 8.60. The van der Waals surface area contributed by atoms with Gasteiger partial charge in [-0.05, 0) is 37.0 Å². The monoisotopic (exact) mass is 434 g/mol. The summed E-state index contributed by atoms with van der Waals surface area (Å²) >= 11 is 0. The number of benzene rings is 3. The fourth-order valence-corrected chi connectivity index (χ4v) is 3.72. The van der Waals surface area contributed by atoms with Crippen molar-refractivity contribution in [2.45, 2.75) is 44.7 Å². The summed E-state index contributed by atoms with van der Waals surface area (Å²) in [6.45, 7) is 6.56. The average Bonchev–Trinajstić information content (AvgIpc) is 2.84. The van der Waals surface area contributed by atoms with E-state index in [1.807, 2.05) is 61.5 Å². The second-order valence-electron chi connectivity index (χ2n) is 8.24. The number of hydrogen-bond donors (Lipinski definition) is 1. The third-order valence-corrected chi connectivity index (χ3v) is 5.33. The van der Waals surface area contributed by atoms with E-state index in [9.17, 15) is 5.11 Å². The lowest BCUT2D eigenvalue weighted by Crippen LogP contribution is -2.42. The summed E-state index contributed by atoms with van der Waals surface area (Å²) in [5, 5.41) is 11.0. The summed E-state index contributed by atoms with van der Waals surface area (Å²) in [7, 11) is 0. The second kappa shape index (κ2) is 11.4. The van der Waals surface area contributed by atoms with Crippen LogP contribution in [0.4, 0.5) is 0 Å². The molecule has 0 aliphatic rings. The fourth-order valence-electron chi connectivity index (χ4n) is 3.72. The zero-order valence-electron chi connectivity index (χ0n) is 19.2. The molecule has 0 bridgehead atoms. The van der Waals surface area contributed by atoms with E-state index in [0.29, 0.717) is 6.61 Å². The minimum atomic E-state index is -1.48. The van der Waals surface area contributed by atoms with Gasteiger partial charge in [-0.2, -0.15) is 0 Å². The number of aliphatic hydroxyl groups is 1. The largest absolute Gasteiger partial charge is 0.376 e. The van der Waals surface area contributed by atoms with Gasteiger partial charge in [0.1, 0.15) is 12.2 Å². The Hall–Kier alpha value is -2.50. The van der Waals surface area contributed by atoms with Crippen LogP contribution in [-0.2, 0) is 19.8 Å². The highest BCUT2D eigenvalue weighted by Gasteiger charge is 2.39. The molecule has 0 spiro atoms. The lowest BCUT2D eigenvalue weighted by atomic mass is 9.80. The molecule has 4 nitrogen and oxygen atoms in total. The van der Waals surface area contributed by atoms with Crippen LogP contribution in [0.25, 0.3) is 0 Å². The van der Waals surface area contributed by atoms with Gasteiger partial charge in [0.05, 0.1) is 12.7 Å². The van der Waals surface area contributed by atoms with Crippen molar-refractivity contribution in [2.75, 3.05) is 19.8 Å². The minimum absolute atomic E-state index is 0.0216. The molecule has 0 fully saturated rings. The Morgan fingerprint density at radius 1 is 0.750 bits per heavy atom. The van der Waals surface area contributed by atoms with Crippen LogP contribution in [0.15, 0.2) is 91.0 Å². The topological polar surface area (TPSA) is 47.9 Å². The lowest BCUT2D eigenvalue weighted by molar-refractivity contribution is -0.243. The Morgan fingerprint density at radius 3 is 1.59 bits per heavy atom. The SMILES string of the molecule is CCCOC(C)COC(C)(O)COC(c1ccccc1)(c1ccccc1)c1ccccc1. The van der Waals surface area contributed by atoms with Gasteiger partial charge >= 0.3 is 0 Å². The van der Waals surface area contributed by atoms with E-state index in [4.69, 9.17) is 14.2 Å². The van der Waals surface area contributed by atoms with Gasteiger partial charge in [0, 0.05) is 6.61 Å². The van der Waals surface area contributed by atoms with E-state index >= 15 is 0 Å². The van der Waals surface area contributed by atoms with Gasteiger partial charge in [-0.15, -0.1) is 0 Å². The standard InChI is InChI=1S/C28H34O4/c1-4-20-30-23(2)21-31-27(3,29)22-32-28(24-14-8-5-9-15-24,25-16-10-6-11-17-25)26-18-12-7-13-19-26/h5-19,23,29H,4,20-22H2,1-3H3. The van der Waals surface area contributed by atoms with Crippen molar-refractivity contribution in [3.8, 4) is 0 Å². The van der Waals surface area contributed by atoms with Crippen LogP contribution in [0, 0.1) is 0 Å². The summed E-state index contributed by atoms with van der Waals surface area (Å²) in [5.41, 5.74) is 2.04. The highest BCUT2D eigenvalue weighted by Crippen LogP contribution is 2.41. The summed E-state index contributed by atoms with van der Waals surface area (Å²) < 4.78 is 18.1. The first-order chi connectivity index (χ1) is 15.5. The molecule has 32 heavy (non-hydrogen) atoms. The molecule has 2 unspecified atom stereocenters. The molecule has 1 N–H and O–H groups in total. The van der Waals surface area contributed by atoms with Crippen LogP contribution in [0.2, 0.25) is 0 Å². The van der Waals surface area contributed by atoms with Gasteiger partial charge in [-0.25, -0.2) is 0 Å². The van der Waals surface area contributed by atoms with E-state index in [1.54, 1.807) is 6.92 Å². The Labute approximate surface area is 191 Å². The molecule has 170 valence electrons. The molecule has 0 saturated heterocycles. The van der Waals surface area contributed by atoms with Crippen molar-refractivity contribution in [2.24, 2.45) is 0 Å². The molecule has 3 aromatic rings. The fraction of sp³-hybridized carbons (Fsp3) is 0.357. The molecule has 3 rings (SSSR count). The molecule has 0 heterocycles. The summed E-state index contributed by atoms with van der Waals surface area (Å²) in [6.07, 6.45) is 0.834. The third-order valence-electron chi connectivity index (χ3n) is 5.33. The van der Waals surface area contributed by atoms with Crippen LogP contribution in [0.3, 0.4) is 0 Å². The summed E-state index contributed by atoms with van der Waals surface area (Å²) in [5.74, 6) is -1.48. The van der Waals surface area contributed by atoms with Crippen molar-refractivity contribution in [3.05, 3.63) is 108 Å². The normalized spacial score (nSPS) is 14.6. The van der Waals surface area contributed by atoms with Crippen LogP contribution in [0.5, 0.6) is 0 Å². The van der Waals surface area contributed by atoms with Crippen molar-refractivity contribution in [1.29, 1.82) is 0 Å². The Bertz CT molecular complexity index is 813. The lowest BCUT2D eigenvalue weighted by Gasteiger charge is -2.38. The highest BCUT2D eigenvalue weighted by molar-refractivity contribution is 5.47. The van der Waals surface area contributed by atoms with E-state index in [2.05, 4.69) is 43.3 Å². The first-order valence-electron chi connectivity index (χ1n) is 11.3. The first kappa shape index (κ1) is 24.1. The predicted octanol–water partition coefficient (Wildman–Crippen LogP) is 5.54. The molecule has 0 amide bonds. The first-order valence-corrected chi connectivity index (χ1v) is 11.3. The average molecular weight is 435 g/mol. The molecular weight excluding hydrogens is 400 g/mol. The molecule has 0 aliphatic heterocycles. The smallest absolute Gasteiger partial charge is 0.186 e. The van der Waals surface area contributed by atoms with Gasteiger partial charge < -0.3 is 19.3 Å². The molecule has 2 atom stereocenters. The van der Waals surface area contributed by atoms with Gasteiger partial charge in [0.2, 0.25) is 0 Å². The van der Waals surface area contributed by atoms with Crippen molar-refractivity contribution >= 4 is 0 Å². The molecule has 0 aliphatic carbocycles. The molecular formula is C28H34O4. The van der Waals surface area contributed by atoms with Crippen molar-refractivity contribution in [1.82, 2.24) is 0 Å². The van der Waals surface area contributed by atoms with Gasteiger partial charge in [0.15, 0.2) is 5.79 Å². The van der Waals surface area contributed by atoms with Crippen LogP contribution in [0.1, 0.15) is 43.9 Å².